The van der Waals surface area contributed by atoms with Crippen LogP contribution in [0.3, 0.4) is 0 Å². The molecule has 0 aliphatic carbocycles. The summed E-state index contributed by atoms with van der Waals surface area (Å²) in [6, 6.07) is 3.22. The summed E-state index contributed by atoms with van der Waals surface area (Å²) in [6.45, 7) is 7.07. The van der Waals surface area contributed by atoms with Crippen LogP contribution in [0.5, 0.6) is 11.5 Å². The Morgan fingerprint density at radius 1 is 1.16 bits per heavy atom. The molecule has 0 radical (unpaired) electrons. The smallest absolute Gasteiger partial charge is 0.243 e. The van der Waals surface area contributed by atoms with Crippen molar-refractivity contribution in [3.63, 3.8) is 0 Å². The van der Waals surface area contributed by atoms with Crippen molar-refractivity contribution in [3.05, 3.63) is 41.0 Å². The van der Waals surface area contributed by atoms with Gasteiger partial charge in [0.05, 0.1) is 61.9 Å². The molecule has 3 atom stereocenters. The Kier molecular flexibility index (Phi) is 11.2. The fourth-order valence-corrected chi connectivity index (χ4v) is 6.45. The van der Waals surface area contributed by atoms with Crippen LogP contribution < -0.4 is 25.4 Å². The van der Waals surface area contributed by atoms with Gasteiger partial charge in [-0.15, -0.1) is 0 Å². The van der Waals surface area contributed by atoms with Crippen LogP contribution in [0.1, 0.15) is 25.7 Å². The van der Waals surface area contributed by atoms with E-state index in [1.54, 1.807) is 12.3 Å². The van der Waals surface area contributed by atoms with Gasteiger partial charge in [-0.25, -0.2) is 15.0 Å². The van der Waals surface area contributed by atoms with Crippen LogP contribution in [0.25, 0.3) is 22.2 Å². The first-order valence-electron chi connectivity index (χ1n) is 15.0. The monoisotopic (exact) mass is 659 g/mol. The molecule has 242 valence electrons. The number of hydrogen-bond acceptors (Lipinski definition) is 11. The second kappa shape index (κ2) is 15.2. The van der Waals surface area contributed by atoms with Crippen LogP contribution in [0.15, 0.2) is 31.0 Å². The summed E-state index contributed by atoms with van der Waals surface area (Å²) >= 11 is 13.5. The van der Waals surface area contributed by atoms with E-state index in [9.17, 15) is 9.90 Å². The normalized spacial score (nSPS) is 19.9. The molecule has 5 rings (SSSR count). The third-order valence-electron chi connectivity index (χ3n) is 8.18. The van der Waals surface area contributed by atoms with E-state index in [1.807, 2.05) is 6.07 Å². The molecule has 2 saturated heterocycles. The SMILES string of the molecule is C=CC(=O)N[C@H]1COC[C@H]1Nc1ncc2cc(-c3c(Cl)c(OC)cc(OC)c3Cl)nc(NCCCCN3CCCC3CO)c2n1. The number of methoxy groups -OCH3 is 2. The Balaban J connectivity index is 1.44. The molecule has 3 aromatic rings. The largest absolute Gasteiger partial charge is 0.495 e. The average Bonchev–Trinajstić information content (AvgIpc) is 3.69. The highest BCUT2D eigenvalue weighted by molar-refractivity contribution is 6.41. The first kappa shape index (κ1) is 33.0. The first-order valence-corrected chi connectivity index (χ1v) is 15.8. The number of aliphatic hydroxyl groups is 1. The Morgan fingerprint density at radius 3 is 2.62 bits per heavy atom. The van der Waals surface area contributed by atoms with Gasteiger partial charge in [0.15, 0.2) is 5.82 Å². The fourth-order valence-electron chi connectivity index (χ4n) is 5.76. The van der Waals surface area contributed by atoms with Crippen molar-refractivity contribution in [1.82, 2.24) is 25.2 Å². The number of unbranched alkanes of at least 4 members (excludes halogenated alkanes) is 1. The number of aliphatic hydroxyl groups excluding tert-OH is 1. The van der Waals surface area contributed by atoms with Crippen molar-refractivity contribution in [2.45, 2.75) is 43.8 Å². The molecule has 0 saturated carbocycles. The van der Waals surface area contributed by atoms with E-state index in [-0.39, 0.29) is 30.6 Å². The molecule has 1 unspecified atom stereocenters. The van der Waals surface area contributed by atoms with Gasteiger partial charge in [-0.1, -0.05) is 29.8 Å². The quantitative estimate of drug-likeness (QED) is 0.146. The standard InChI is InChI=1S/C31H39Cl2N7O5/c1-4-25(42)36-21-16-45-17-22(21)38-31-35-14-18-12-20(26-27(32)23(43-2)13-24(44-3)28(26)33)37-30(29(18)39-31)34-9-5-6-10-40-11-7-8-19(40)15-41/h4,12-14,19,21-22,41H,1,5-11,15-17H2,2-3H3,(H,34,37)(H,36,42)(H,35,38,39)/t19?,21-,22+/m0/s1. The van der Waals surface area contributed by atoms with Crippen LogP contribution in [0.4, 0.5) is 11.8 Å². The highest BCUT2D eigenvalue weighted by Crippen LogP contribution is 2.46. The van der Waals surface area contributed by atoms with E-state index in [4.69, 9.17) is 47.4 Å². The van der Waals surface area contributed by atoms with Gasteiger partial charge in [-0.2, -0.15) is 0 Å². The molecule has 0 spiro atoms. The summed E-state index contributed by atoms with van der Waals surface area (Å²) in [5.41, 5.74) is 1.57. The summed E-state index contributed by atoms with van der Waals surface area (Å²) in [7, 11) is 3.05. The number of carbonyl (C=O) groups excluding carboxylic acids is 1. The van der Waals surface area contributed by atoms with E-state index in [1.165, 1.54) is 20.3 Å². The number of benzene rings is 1. The topological polar surface area (TPSA) is 143 Å². The number of fused-ring (bicyclic) bond motifs is 1. The zero-order valence-electron chi connectivity index (χ0n) is 25.4. The molecule has 2 aromatic heterocycles. The Bertz CT molecular complexity index is 1500. The van der Waals surface area contributed by atoms with Crippen LogP contribution in [0.2, 0.25) is 10.0 Å². The number of aromatic nitrogens is 3. The molecular weight excluding hydrogens is 621 g/mol. The van der Waals surface area contributed by atoms with Crippen LogP contribution >= 0.6 is 23.2 Å². The minimum Gasteiger partial charge on any atom is -0.495 e. The number of anilines is 2. The molecule has 2 aliphatic heterocycles. The number of ether oxygens (including phenoxy) is 3. The lowest BCUT2D eigenvalue weighted by molar-refractivity contribution is -0.117. The van der Waals surface area contributed by atoms with E-state index >= 15 is 0 Å². The van der Waals surface area contributed by atoms with Crippen molar-refractivity contribution >= 4 is 51.8 Å². The van der Waals surface area contributed by atoms with Crippen molar-refractivity contribution in [2.24, 2.45) is 0 Å². The molecular formula is C31H39Cl2N7O5. The lowest BCUT2D eigenvalue weighted by Crippen LogP contribution is -2.45. The molecule has 45 heavy (non-hydrogen) atoms. The summed E-state index contributed by atoms with van der Waals surface area (Å²) in [6.07, 6.45) is 6.95. The number of likely N-dealkylation sites (tertiary alicyclic amines) is 1. The molecule has 2 aliphatic rings. The Hall–Kier alpha value is -3.42. The van der Waals surface area contributed by atoms with Crippen molar-refractivity contribution < 1.29 is 24.1 Å². The van der Waals surface area contributed by atoms with Crippen LogP contribution in [0, 0.1) is 0 Å². The number of pyridine rings is 1. The number of nitrogens with zero attached hydrogens (tertiary/aromatic N) is 4. The fraction of sp³-hybridized carbons (Fsp3) is 0.484. The number of rotatable bonds is 14. The van der Waals surface area contributed by atoms with Crippen molar-refractivity contribution in [2.75, 3.05) is 64.3 Å². The van der Waals surface area contributed by atoms with Crippen molar-refractivity contribution in [1.29, 1.82) is 0 Å². The highest BCUT2D eigenvalue weighted by atomic mass is 35.5. The number of carbonyl (C=O) groups is 1. The molecule has 14 heteroatoms. The van der Waals surface area contributed by atoms with Gasteiger partial charge in [0.2, 0.25) is 11.9 Å². The van der Waals surface area contributed by atoms with Gasteiger partial charge >= 0.3 is 0 Å². The van der Waals surface area contributed by atoms with Gasteiger partial charge in [0.1, 0.15) is 17.0 Å². The van der Waals surface area contributed by atoms with E-state index in [0.717, 1.165) is 38.8 Å². The van der Waals surface area contributed by atoms with Crippen molar-refractivity contribution in [3.8, 4) is 22.8 Å². The predicted molar refractivity (Wildman–Crippen MR) is 176 cm³/mol. The minimum atomic E-state index is -0.275. The average molecular weight is 661 g/mol. The first-order chi connectivity index (χ1) is 21.9. The maximum Gasteiger partial charge on any atom is 0.243 e. The summed E-state index contributed by atoms with van der Waals surface area (Å²) in [4.78, 5) is 28.6. The highest BCUT2D eigenvalue weighted by Gasteiger charge is 2.30. The van der Waals surface area contributed by atoms with E-state index in [0.29, 0.717) is 75.2 Å². The molecule has 0 bridgehead atoms. The summed E-state index contributed by atoms with van der Waals surface area (Å²) < 4.78 is 16.6. The summed E-state index contributed by atoms with van der Waals surface area (Å²) in [5.74, 6) is 1.44. The molecule has 12 nitrogen and oxygen atoms in total. The van der Waals surface area contributed by atoms with E-state index < -0.39 is 0 Å². The van der Waals surface area contributed by atoms with Gasteiger partial charge in [-0.3, -0.25) is 9.69 Å². The second-order valence-electron chi connectivity index (χ2n) is 11.0. The third-order valence-corrected chi connectivity index (χ3v) is 8.93. The summed E-state index contributed by atoms with van der Waals surface area (Å²) in [5, 5.41) is 20.6. The number of nitrogens with one attached hydrogen (secondary N) is 3. The number of amides is 1. The van der Waals surface area contributed by atoms with E-state index in [2.05, 4.69) is 32.4 Å². The zero-order chi connectivity index (χ0) is 31.9. The van der Waals surface area contributed by atoms with Crippen LogP contribution in [-0.2, 0) is 9.53 Å². The predicted octanol–water partition coefficient (Wildman–Crippen LogP) is 4.15. The van der Waals surface area contributed by atoms with Gasteiger partial charge in [0, 0.05) is 35.8 Å². The van der Waals surface area contributed by atoms with Crippen LogP contribution in [-0.4, -0.2) is 103 Å². The van der Waals surface area contributed by atoms with Gasteiger partial charge in [-0.05, 0) is 50.9 Å². The molecule has 4 heterocycles. The number of halogens is 2. The van der Waals surface area contributed by atoms with Gasteiger partial charge < -0.3 is 35.3 Å². The molecule has 4 N–H and O–H groups in total. The lowest BCUT2D eigenvalue weighted by Gasteiger charge is -2.22. The minimum absolute atomic E-state index is 0.200. The molecule has 1 amide bonds. The van der Waals surface area contributed by atoms with Gasteiger partial charge in [0.25, 0.3) is 0 Å². The number of hydrogen-bond donors (Lipinski definition) is 4. The molecule has 1 aromatic carbocycles. The zero-order valence-corrected chi connectivity index (χ0v) is 27.0. The Morgan fingerprint density at radius 2 is 1.91 bits per heavy atom. The lowest BCUT2D eigenvalue weighted by atomic mass is 10.1. The maximum absolute atomic E-state index is 11.9. The second-order valence-corrected chi connectivity index (χ2v) is 11.8. The molecule has 2 fully saturated rings. The Labute approximate surface area is 272 Å². The third kappa shape index (κ3) is 7.53. The maximum atomic E-state index is 11.9.